The molecule has 0 aromatic rings. The third-order valence-corrected chi connectivity index (χ3v) is 5.48. The number of hydrogen-bond donors (Lipinski definition) is 7. The van der Waals surface area contributed by atoms with E-state index in [9.17, 15) is 28.8 Å². The fourth-order valence-electron chi connectivity index (χ4n) is 2.61. The Labute approximate surface area is 195 Å². The highest BCUT2D eigenvalue weighted by atomic mass is 32.2. The first-order valence-electron chi connectivity index (χ1n) is 10.2. The van der Waals surface area contributed by atoms with Crippen LogP contribution in [0.2, 0.25) is 0 Å². The molecule has 0 radical (unpaired) electrons. The summed E-state index contributed by atoms with van der Waals surface area (Å²) in [5, 5.41) is 24.7. The lowest BCUT2D eigenvalue weighted by Gasteiger charge is -2.25. The van der Waals surface area contributed by atoms with Crippen LogP contribution in [0, 0.1) is 5.92 Å². The predicted octanol–water partition coefficient (Wildman–Crippen LogP) is -2.00. The van der Waals surface area contributed by atoms with Gasteiger partial charge >= 0.3 is 11.9 Å². The van der Waals surface area contributed by atoms with E-state index in [2.05, 4.69) is 10.6 Å². The Hall–Kier alpha value is -2.87. The second-order valence-electron chi connectivity index (χ2n) is 7.48. The maximum absolute atomic E-state index is 12.8. The SMILES string of the molecule is CCC(C)C(N)C(=O)NC(CCSC)C(=O)NC(CC(N)=O)C(=O)NC(CC(=O)O)C(=O)O. The minimum Gasteiger partial charge on any atom is -0.481 e. The van der Waals surface area contributed by atoms with Crippen LogP contribution in [-0.2, 0) is 28.8 Å². The van der Waals surface area contributed by atoms with Crippen LogP contribution in [0.15, 0.2) is 0 Å². The fraction of sp³-hybridized carbons (Fsp3) is 0.684. The van der Waals surface area contributed by atoms with Crippen LogP contribution in [0.5, 0.6) is 0 Å². The van der Waals surface area contributed by atoms with Crippen LogP contribution < -0.4 is 27.4 Å². The summed E-state index contributed by atoms with van der Waals surface area (Å²) in [6.45, 7) is 3.64. The number of carbonyl (C=O) groups is 6. The first kappa shape index (κ1) is 30.1. The summed E-state index contributed by atoms with van der Waals surface area (Å²) in [6, 6.07) is -5.32. The maximum atomic E-state index is 12.8. The van der Waals surface area contributed by atoms with E-state index in [1.165, 1.54) is 11.8 Å². The third kappa shape index (κ3) is 11.5. The number of nitrogens with one attached hydrogen (secondary N) is 3. The Kier molecular flexibility index (Phi) is 13.7. The van der Waals surface area contributed by atoms with Crippen LogP contribution in [0.25, 0.3) is 0 Å². The number of nitrogens with two attached hydrogens (primary N) is 2. The normalized spacial score (nSPS) is 15.3. The molecule has 0 fully saturated rings. The molecule has 0 saturated heterocycles. The number of carboxylic acid groups (broad SMARTS) is 2. The van der Waals surface area contributed by atoms with Gasteiger partial charge in [-0.25, -0.2) is 4.79 Å². The summed E-state index contributed by atoms with van der Waals surface area (Å²) >= 11 is 1.41. The zero-order valence-electron chi connectivity index (χ0n) is 18.8. The van der Waals surface area contributed by atoms with E-state index < -0.39 is 72.6 Å². The van der Waals surface area contributed by atoms with Gasteiger partial charge in [0, 0.05) is 0 Å². The number of primary amides is 1. The lowest BCUT2D eigenvalue weighted by atomic mass is 9.99. The average Bonchev–Trinajstić information content (AvgIpc) is 2.73. The monoisotopic (exact) mass is 491 g/mol. The predicted molar refractivity (Wildman–Crippen MR) is 120 cm³/mol. The lowest BCUT2D eigenvalue weighted by molar-refractivity contribution is -0.147. The van der Waals surface area contributed by atoms with Crippen molar-refractivity contribution in [3.8, 4) is 0 Å². The third-order valence-electron chi connectivity index (χ3n) is 4.83. The molecule has 0 saturated carbocycles. The fourth-order valence-corrected chi connectivity index (χ4v) is 3.09. The molecule has 14 heteroatoms. The topological polar surface area (TPSA) is 231 Å². The van der Waals surface area contributed by atoms with Crippen LogP contribution in [0.3, 0.4) is 0 Å². The van der Waals surface area contributed by atoms with E-state index in [0.717, 1.165) is 0 Å². The van der Waals surface area contributed by atoms with Gasteiger partial charge < -0.3 is 37.6 Å². The average molecular weight is 492 g/mol. The molecule has 0 aromatic heterocycles. The summed E-state index contributed by atoms with van der Waals surface area (Å²) in [7, 11) is 0. The van der Waals surface area contributed by atoms with Crippen LogP contribution in [0.1, 0.15) is 39.5 Å². The molecular formula is C19H33N5O8S. The number of hydrogen-bond acceptors (Lipinski definition) is 8. The summed E-state index contributed by atoms with van der Waals surface area (Å²) in [6.07, 6.45) is 1.02. The summed E-state index contributed by atoms with van der Waals surface area (Å²) < 4.78 is 0. The van der Waals surface area contributed by atoms with Gasteiger partial charge in [-0.2, -0.15) is 11.8 Å². The molecule has 0 spiro atoms. The van der Waals surface area contributed by atoms with Gasteiger partial charge in [-0.15, -0.1) is 0 Å². The van der Waals surface area contributed by atoms with Gasteiger partial charge in [0.1, 0.15) is 18.1 Å². The van der Waals surface area contributed by atoms with Crippen LogP contribution in [0.4, 0.5) is 0 Å². The summed E-state index contributed by atoms with van der Waals surface area (Å²) in [5.41, 5.74) is 11.0. The van der Waals surface area contributed by atoms with Crippen molar-refractivity contribution in [2.75, 3.05) is 12.0 Å². The van der Waals surface area contributed by atoms with Crippen molar-refractivity contribution in [2.24, 2.45) is 17.4 Å². The Morgan fingerprint density at radius 1 is 0.879 bits per heavy atom. The van der Waals surface area contributed by atoms with E-state index >= 15 is 0 Å². The van der Waals surface area contributed by atoms with Crippen molar-refractivity contribution in [3.05, 3.63) is 0 Å². The largest absolute Gasteiger partial charge is 0.481 e. The molecule has 0 heterocycles. The zero-order valence-corrected chi connectivity index (χ0v) is 19.6. The van der Waals surface area contributed by atoms with Gasteiger partial charge in [0.25, 0.3) is 0 Å². The molecule has 4 amide bonds. The van der Waals surface area contributed by atoms with Gasteiger partial charge in [0.05, 0.1) is 18.9 Å². The maximum Gasteiger partial charge on any atom is 0.326 e. The summed E-state index contributed by atoms with van der Waals surface area (Å²) in [4.78, 5) is 71.2. The number of rotatable bonds is 16. The lowest BCUT2D eigenvalue weighted by Crippen LogP contribution is -2.58. The van der Waals surface area contributed by atoms with Gasteiger partial charge in [-0.05, 0) is 24.3 Å². The molecular weight excluding hydrogens is 458 g/mol. The highest BCUT2D eigenvalue weighted by Gasteiger charge is 2.32. The molecule has 9 N–H and O–H groups in total. The van der Waals surface area contributed by atoms with E-state index in [1.54, 1.807) is 13.2 Å². The molecule has 5 atom stereocenters. The van der Waals surface area contributed by atoms with Crippen molar-refractivity contribution >= 4 is 47.3 Å². The zero-order chi connectivity index (χ0) is 25.7. The highest BCUT2D eigenvalue weighted by Crippen LogP contribution is 2.08. The molecule has 188 valence electrons. The molecule has 0 aliphatic heterocycles. The van der Waals surface area contributed by atoms with Crippen molar-refractivity contribution in [3.63, 3.8) is 0 Å². The Balaban J connectivity index is 5.53. The minimum absolute atomic E-state index is 0.148. The van der Waals surface area contributed by atoms with Crippen molar-refractivity contribution < 1.29 is 39.0 Å². The molecule has 5 unspecified atom stereocenters. The second-order valence-corrected chi connectivity index (χ2v) is 8.47. The molecule has 0 rings (SSSR count). The molecule has 13 nitrogen and oxygen atoms in total. The van der Waals surface area contributed by atoms with Crippen LogP contribution in [-0.4, -0.2) is 82.0 Å². The minimum atomic E-state index is -1.79. The number of aliphatic carboxylic acids is 2. The highest BCUT2D eigenvalue weighted by molar-refractivity contribution is 7.98. The Morgan fingerprint density at radius 3 is 1.85 bits per heavy atom. The Morgan fingerprint density at radius 2 is 1.39 bits per heavy atom. The molecule has 0 aliphatic rings. The van der Waals surface area contributed by atoms with Crippen molar-refractivity contribution in [1.82, 2.24) is 16.0 Å². The Bertz CT molecular complexity index is 735. The smallest absolute Gasteiger partial charge is 0.326 e. The van der Waals surface area contributed by atoms with E-state index in [1.807, 2.05) is 12.2 Å². The standard InChI is InChI=1S/C19H33N5O8S/c1-4-9(2)15(21)18(30)22-10(5-6-33-3)16(28)23-11(7-13(20)25)17(29)24-12(19(31)32)8-14(26)27/h9-12,15H,4-8,21H2,1-3H3,(H2,20,25)(H,22,30)(H,23,28)(H,24,29)(H,26,27)(H,31,32). The first-order valence-corrected chi connectivity index (χ1v) is 11.6. The number of carbonyl (C=O) groups excluding carboxylic acids is 4. The molecule has 0 bridgehead atoms. The van der Waals surface area contributed by atoms with E-state index in [0.29, 0.717) is 12.2 Å². The molecule has 0 aliphatic carbocycles. The number of thioether (sulfide) groups is 1. The van der Waals surface area contributed by atoms with Gasteiger partial charge in [-0.3, -0.25) is 24.0 Å². The quantitative estimate of drug-likeness (QED) is 0.125. The number of amides is 4. The second kappa shape index (κ2) is 15.1. The number of carboxylic acids is 2. The van der Waals surface area contributed by atoms with Gasteiger partial charge in [0.2, 0.25) is 23.6 Å². The van der Waals surface area contributed by atoms with Crippen molar-refractivity contribution in [1.29, 1.82) is 0 Å². The molecule has 33 heavy (non-hydrogen) atoms. The van der Waals surface area contributed by atoms with Gasteiger partial charge in [0.15, 0.2) is 0 Å². The van der Waals surface area contributed by atoms with E-state index in [4.69, 9.17) is 21.7 Å². The summed E-state index contributed by atoms with van der Waals surface area (Å²) in [5.74, 6) is -6.21. The van der Waals surface area contributed by atoms with Gasteiger partial charge in [-0.1, -0.05) is 20.3 Å². The first-order chi connectivity index (χ1) is 15.3. The van der Waals surface area contributed by atoms with Crippen LogP contribution >= 0.6 is 11.8 Å². The van der Waals surface area contributed by atoms with Crippen molar-refractivity contribution in [2.45, 2.75) is 63.7 Å². The molecule has 0 aromatic carbocycles. The van der Waals surface area contributed by atoms with E-state index in [-0.39, 0.29) is 12.3 Å².